The predicted molar refractivity (Wildman–Crippen MR) is 251 cm³/mol. The number of hydrogen-bond donors (Lipinski definition) is 1. The number of aromatic nitrogens is 2. The van der Waals surface area contributed by atoms with Gasteiger partial charge in [0.15, 0.2) is 11.2 Å². The summed E-state index contributed by atoms with van der Waals surface area (Å²) in [6.07, 6.45) is -12.4. The van der Waals surface area contributed by atoms with E-state index < -0.39 is 47.6 Å². The Morgan fingerprint density at radius 3 is 1.56 bits per heavy atom. The molecule has 3 heterocycles. The fourth-order valence-corrected chi connectivity index (χ4v) is 7.56. The highest BCUT2D eigenvalue weighted by molar-refractivity contribution is 6.31. The fraction of sp³-hybridized carbons (Fsp3) is 0.216. The van der Waals surface area contributed by atoms with Crippen LogP contribution in [0.15, 0.2) is 142 Å². The summed E-state index contributed by atoms with van der Waals surface area (Å²) in [5.74, 6) is -1.80. The number of ether oxygens (including phenoxy) is 4. The summed E-state index contributed by atoms with van der Waals surface area (Å²) < 4.78 is 114. The average Bonchev–Trinajstić information content (AvgIpc) is 3.98. The van der Waals surface area contributed by atoms with Gasteiger partial charge in [0, 0.05) is 40.8 Å². The van der Waals surface area contributed by atoms with Crippen molar-refractivity contribution in [3.8, 4) is 34.4 Å². The molecule has 370 valence electrons. The Morgan fingerprint density at radius 2 is 1.10 bits per heavy atom. The summed E-state index contributed by atoms with van der Waals surface area (Å²) in [7, 11) is 0. The Labute approximate surface area is 411 Å². The van der Waals surface area contributed by atoms with E-state index in [9.17, 15) is 41.0 Å². The van der Waals surface area contributed by atoms with Gasteiger partial charge in [0.1, 0.15) is 29.1 Å². The van der Waals surface area contributed by atoms with E-state index in [2.05, 4.69) is 14.9 Å². The molecular formula is C51H41Cl2F6N3O9. The number of carboxylic acids is 1. The first-order chi connectivity index (χ1) is 33.5. The van der Waals surface area contributed by atoms with Crippen LogP contribution in [0.5, 0.6) is 11.5 Å². The van der Waals surface area contributed by atoms with Gasteiger partial charge in [-0.05, 0) is 84.9 Å². The van der Waals surface area contributed by atoms with Crippen molar-refractivity contribution in [3.05, 3.63) is 166 Å². The van der Waals surface area contributed by atoms with E-state index in [4.69, 9.17) is 51.0 Å². The number of rotatable bonds is 13. The smallest absolute Gasteiger partial charge is 0.416 e. The van der Waals surface area contributed by atoms with Crippen LogP contribution in [0.1, 0.15) is 41.9 Å². The molecule has 2 atom stereocenters. The maximum Gasteiger partial charge on any atom is 0.416 e. The van der Waals surface area contributed by atoms with Gasteiger partial charge in [0.05, 0.1) is 35.5 Å². The van der Waals surface area contributed by atoms with Crippen LogP contribution < -0.4 is 9.47 Å². The minimum absolute atomic E-state index is 0. The summed E-state index contributed by atoms with van der Waals surface area (Å²) in [5.41, 5.74) is 0.706. The quantitative estimate of drug-likeness (QED) is 0.0866. The fourth-order valence-electron chi connectivity index (χ4n) is 7.22. The lowest BCUT2D eigenvalue weighted by Crippen LogP contribution is -2.38. The van der Waals surface area contributed by atoms with Crippen LogP contribution in [0.4, 0.5) is 26.3 Å². The number of halogens is 8. The second kappa shape index (κ2) is 22.3. The first-order valence-electron chi connectivity index (χ1n) is 21.2. The Balaban J connectivity index is 0.000000211. The number of carboxylic acid groups (broad SMARTS) is 1. The largest absolute Gasteiger partial charge is 0.478 e. The minimum atomic E-state index is -4.62. The normalized spacial score (nSPS) is 13.9. The van der Waals surface area contributed by atoms with Crippen molar-refractivity contribution >= 4 is 57.3 Å². The molecule has 12 nitrogen and oxygen atoms in total. The molecule has 0 spiro atoms. The van der Waals surface area contributed by atoms with Crippen molar-refractivity contribution in [2.75, 3.05) is 39.5 Å². The van der Waals surface area contributed by atoms with Gasteiger partial charge in [-0.2, -0.15) is 26.3 Å². The molecule has 1 fully saturated rings. The monoisotopic (exact) mass is 1020 g/mol. The van der Waals surface area contributed by atoms with E-state index in [1.807, 2.05) is 0 Å². The zero-order valence-corrected chi connectivity index (χ0v) is 37.7. The Bertz CT molecular complexity index is 3070. The van der Waals surface area contributed by atoms with Crippen LogP contribution in [0.2, 0.25) is 10.0 Å². The summed E-state index contributed by atoms with van der Waals surface area (Å²) in [5, 5.41) is 10.3. The van der Waals surface area contributed by atoms with Gasteiger partial charge in [-0.15, -0.1) is 0 Å². The first-order valence-corrected chi connectivity index (χ1v) is 21.9. The van der Waals surface area contributed by atoms with Crippen molar-refractivity contribution in [1.29, 1.82) is 0 Å². The van der Waals surface area contributed by atoms with Gasteiger partial charge in [0.2, 0.25) is 24.0 Å². The van der Waals surface area contributed by atoms with Gasteiger partial charge in [0.25, 0.3) is 0 Å². The molecule has 6 aromatic carbocycles. The molecule has 0 amide bonds. The summed E-state index contributed by atoms with van der Waals surface area (Å²) in [6, 6.07) is 31.4. The number of alkyl halides is 6. The van der Waals surface area contributed by atoms with Gasteiger partial charge in [-0.3, -0.25) is 4.90 Å². The lowest BCUT2D eigenvalue weighted by atomic mass is 10.1. The van der Waals surface area contributed by atoms with Crippen molar-refractivity contribution in [1.82, 2.24) is 14.9 Å². The van der Waals surface area contributed by atoms with Crippen molar-refractivity contribution < 1.29 is 68.8 Å². The number of carbonyl (C=O) groups is 2. The maximum atomic E-state index is 13.5. The number of aliphatic carboxylic acids is 1. The number of hydrogen-bond acceptors (Lipinski definition) is 11. The molecule has 1 aliphatic rings. The van der Waals surface area contributed by atoms with E-state index in [0.29, 0.717) is 70.7 Å². The molecule has 1 aliphatic heterocycles. The second-order valence-electron chi connectivity index (χ2n) is 15.5. The van der Waals surface area contributed by atoms with Crippen molar-refractivity contribution in [2.24, 2.45) is 0 Å². The van der Waals surface area contributed by atoms with Crippen LogP contribution in [-0.2, 0) is 31.4 Å². The third-order valence-electron chi connectivity index (χ3n) is 10.6. The van der Waals surface area contributed by atoms with E-state index in [1.165, 1.54) is 48.5 Å². The molecule has 0 radical (unpaired) electrons. The van der Waals surface area contributed by atoms with Gasteiger partial charge >= 0.3 is 24.3 Å². The zero-order chi connectivity index (χ0) is 49.6. The number of morpholine rings is 1. The topological polar surface area (TPSA) is 147 Å². The maximum absolute atomic E-state index is 13.5. The standard InChI is InChI=1S/C28H24ClF3N2O5.C22H13ClF3NO4.CH4/c29-20-8-9-23(21(17-20)26-33-22-6-1-2-7-24(22)39-26)38-25(18-4-3-5-19(16-18)28(30,31)32)27(35)37-15-12-34-10-13-36-14-11-34;23-14-8-9-17(15(11-14)20-27-16-6-1-2-7-18(16)31-20)30-19(21(28)29)12-4-3-5-13(10-12)22(24,25)26;/h1-9,16-17,25H,10-15H2;1-11,19H,(H,28,29);1H4. The number of nitrogens with zero attached hydrogens (tertiary/aromatic N) is 3. The number of benzene rings is 6. The third-order valence-corrected chi connectivity index (χ3v) is 11.1. The predicted octanol–water partition coefficient (Wildman–Crippen LogP) is 13.2. The number of esters is 1. The number of oxazole rings is 2. The number of fused-ring (bicyclic) bond motifs is 2. The molecule has 8 aromatic rings. The molecule has 1 N–H and O–H groups in total. The van der Waals surface area contributed by atoms with Crippen LogP contribution in [0.25, 0.3) is 45.1 Å². The van der Waals surface area contributed by atoms with Crippen molar-refractivity contribution in [2.45, 2.75) is 32.0 Å². The van der Waals surface area contributed by atoms with Crippen LogP contribution in [-0.4, -0.2) is 71.4 Å². The molecular weight excluding hydrogens is 983 g/mol. The minimum Gasteiger partial charge on any atom is -0.478 e. The summed E-state index contributed by atoms with van der Waals surface area (Å²) >= 11 is 12.3. The molecule has 9 rings (SSSR count). The van der Waals surface area contributed by atoms with Gasteiger partial charge in [-0.1, -0.05) is 79.2 Å². The number of para-hydroxylation sites is 4. The highest BCUT2D eigenvalue weighted by Gasteiger charge is 2.35. The Hall–Kier alpha value is -7.12. The lowest BCUT2D eigenvalue weighted by molar-refractivity contribution is -0.153. The highest BCUT2D eigenvalue weighted by Crippen LogP contribution is 2.40. The van der Waals surface area contributed by atoms with Gasteiger partial charge < -0.3 is 32.9 Å². The number of carbonyl (C=O) groups excluding carboxylic acids is 1. The molecule has 71 heavy (non-hydrogen) atoms. The Morgan fingerprint density at radius 1 is 0.634 bits per heavy atom. The van der Waals surface area contributed by atoms with Gasteiger partial charge in [-0.25, -0.2) is 19.6 Å². The van der Waals surface area contributed by atoms with Crippen molar-refractivity contribution in [3.63, 3.8) is 0 Å². The van der Waals surface area contributed by atoms with Crippen LogP contribution in [0.3, 0.4) is 0 Å². The molecule has 0 bridgehead atoms. The van der Waals surface area contributed by atoms with E-state index in [-0.39, 0.29) is 54.0 Å². The summed E-state index contributed by atoms with van der Waals surface area (Å²) in [6.45, 7) is 3.06. The lowest BCUT2D eigenvalue weighted by Gasteiger charge is -2.26. The molecule has 1 saturated heterocycles. The molecule has 2 aromatic heterocycles. The second-order valence-corrected chi connectivity index (χ2v) is 16.3. The van der Waals surface area contributed by atoms with E-state index in [1.54, 1.807) is 54.6 Å². The molecule has 2 unspecified atom stereocenters. The first kappa shape index (κ1) is 51.7. The van der Waals surface area contributed by atoms with E-state index >= 15 is 0 Å². The third kappa shape index (κ3) is 12.8. The molecule has 0 aliphatic carbocycles. The average molecular weight is 1020 g/mol. The highest BCUT2D eigenvalue weighted by atomic mass is 35.5. The van der Waals surface area contributed by atoms with Crippen LogP contribution >= 0.6 is 23.2 Å². The SMILES string of the molecule is C.O=C(O)C(Oc1ccc(Cl)cc1-c1nc2ccccc2o1)c1cccc(C(F)(F)F)c1.O=C(OCCN1CCOCC1)C(Oc1ccc(Cl)cc1-c1nc2ccccc2o1)c1cccc(C(F)(F)F)c1. The van der Waals surface area contributed by atoms with Crippen LogP contribution in [0, 0.1) is 0 Å². The van der Waals surface area contributed by atoms with E-state index in [0.717, 1.165) is 30.3 Å². The molecule has 0 saturated carbocycles. The summed E-state index contributed by atoms with van der Waals surface area (Å²) in [4.78, 5) is 36.0. The zero-order valence-electron chi connectivity index (χ0n) is 36.2. The Kier molecular flexibility index (Phi) is 16.3. The molecule has 20 heteroatoms.